The van der Waals surface area contributed by atoms with Gasteiger partial charge in [-0.05, 0) is 17.8 Å². The molecule has 0 rings (SSSR count). The highest BCUT2D eigenvalue weighted by Gasteiger charge is 2.21. The summed E-state index contributed by atoms with van der Waals surface area (Å²) in [6.07, 6.45) is 4.41. The van der Waals surface area contributed by atoms with E-state index in [9.17, 15) is 0 Å². The fourth-order valence-electron chi connectivity index (χ4n) is 0.917. The Kier molecular flexibility index (Phi) is 3.70. The van der Waals surface area contributed by atoms with E-state index in [4.69, 9.17) is 0 Å². The maximum absolute atomic E-state index is 3.75. The Bertz CT molecular complexity index is 101. The lowest BCUT2D eigenvalue weighted by Crippen LogP contribution is -2.19. The van der Waals surface area contributed by atoms with E-state index >= 15 is 0 Å². The first-order chi connectivity index (χ1) is 4.54. The van der Waals surface area contributed by atoms with E-state index < -0.39 is 0 Å². The van der Waals surface area contributed by atoms with Gasteiger partial charge in [-0.25, -0.2) is 0 Å². The van der Waals surface area contributed by atoms with Crippen molar-refractivity contribution in [3.63, 3.8) is 0 Å². The van der Waals surface area contributed by atoms with Crippen LogP contribution in [0.25, 0.3) is 0 Å². The Hall–Kier alpha value is -0.260. The Labute approximate surface area is 65.3 Å². The molecule has 0 aliphatic carbocycles. The van der Waals surface area contributed by atoms with Crippen molar-refractivity contribution in [3.8, 4) is 0 Å². The number of allylic oxidation sites excluding steroid dienone is 1. The Morgan fingerprint density at radius 2 is 2.00 bits per heavy atom. The summed E-state index contributed by atoms with van der Waals surface area (Å²) in [6.45, 7) is 12.9. The maximum atomic E-state index is 3.75. The van der Waals surface area contributed by atoms with Gasteiger partial charge in [0, 0.05) is 0 Å². The van der Waals surface area contributed by atoms with E-state index in [1.54, 1.807) is 0 Å². The van der Waals surface area contributed by atoms with Crippen LogP contribution in [0.3, 0.4) is 0 Å². The molecule has 0 aliphatic heterocycles. The minimum Gasteiger partial charge on any atom is -0.103 e. The van der Waals surface area contributed by atoms with Gasteiger partial charge in [-0.15, -0.1) is 6.58 Å². The summed E-state index contributed by atoms with van der Waals surface area (Å²) in [6, 6.07) is 0. The lowest BCUT2D eigenvalue weighted by molar-refractivity contribution is 0.223. The first-order valence-electron chi connectivity index (χ1n) is 4.15. The monoisotopic (exact) mass is 140 g/mol. The second kappa shape index (κ2) is 3.80. The molecule has 10 heavy (non-hydrogen) atoms. The zero-order chi connectivity index (χ0) is 8.20. The lowest BCUT2D eigenvalue weighted by Gasteiger charge is -2.29. The van der Waals surface area contributed by atoms with E-state index in [2.05, 4.69) is 34.3 Å². The molecule has 0 aromatic carbocycles. The van der Waals surface area contributed by atoms with Gasteiger partial charge in [0.05, 0.1) is 0 Å². The predicted molar refractivity (Wildman–Crippen MR) is 48.1 cm³/mol. The Morgan fingerprint density at radius 3 is 2.30 bits per heavy atom. The van der Waals surface area contributed by atoms with Crippen molar-refractivity contribution in [1.29, 1.82) is 0 Å². The highest BCUT2D eigenvalue weighted by molar-refractivity contribution is 4.80. The highest BCUT2D eigenvalue weighted by Crippen LogP contribution is 2.32. The van der Waals surface area contributed by atoms with Gasteiger partial charge in [0.1, 0.15) is 0 Å². The van der Waals surface area contributed by atoms with Crippen LogP contribution >= 0.6 is 0 Å². The fourth-order valence-corrected chi connectivity index (χ4v) is 0.917. The molecule has 0 bridgehead atoms. The van der Waals surface area contributed by atoms with E-state index in [-0.39, 0.29) is 0 Å². The van der Waals surface area contributed by atoms with Crippen LogP contribution in [-0.2, 0) is 0 Å². The molecular formula is C10H20. The van der Waals surface area contributed by atoms with Crippen LogP contribution in [0, 0.1) is 11.3 Å². The topological polar surface area (TPSA) is 0 Å². The summed E-state index contributed by atoms with van der Waals surface area (Å²) >= 11 is 0. The number of hydrogen-bond donors (Lipinski definition) is 0. The smallest absolute Gasteiger partial charge is 0.0322 e. The van der Waals surface area contributed by atoms with Crippen molar-refractivity contribution in [2.75, 3.05) is 0 Å². The maximum Gasteiger partial charge on any atom is -0.0322 e. The Morgan fingerprint density at radius 1 is 1.50 bits per heavy atom. The largest absolute Gasteiger partial charge is 0.103 e. The van der Waals surface area contributed by atoms with E-state index in [0.29, 0.717) is 5.41 Å². The summed E-state index contributed by atoms with van der Waals surface area (Å²) in [5, 5.41) is 0. The SMILES string of the molecule is C=CCC(C)C(C)(C)CC. The minimum atomic E-state index is 0.480. The van der Waals surface area contributed by atoms with E-state index in [1.807, 2.05) is 6.08 Å². The van der Waals surface area contributed by atoms with Crippen LogP contribution in [0.5, 0.6) is 0 Å². The second-order valence-electron chi connectivity index (χ2n) is 3.77. The normalized spacial score (nSPS) is 14.8. The second-order valence-corrected chi connectivity index (χ2v) is 3.77. The van der Waals surface area contributed by atoms with Gasteiger partial charge in [0.15, 0.2) is 0 Å². The summed E-state index contributed by atoms with van der Waals surface area (Å²) in [7, 11) is 0. The van der Waals surface area contributed by atoms with Crippen LogP contribution < -0.4 is 0 Å². The molecule has 0 spiro atoms. The van der Waals surface area contributed by atoms with E-state index in [1.165, 1.54) is 6.42 Å². The first-order valence-corrected chi connectivity index (χ1v) is 4.15. The molecular weight excluding hydrogens is 120 g/mol. The molecule has 0 saturated carbocycles. The molecule has 0 fully saturated rings. The van der Waals surface area contributed by atoms with Gasteiger partial charge >= 0.3 is 0 Å². The molecule has 0 N–H and O–H groups in total. The summed E-state index contributed by atoms with van der Waals surface area (Å²) in [5.41, 5.74) is 0.480. The quantitative estimate of drug-likeness (QED) is 0.523. The van der Waals surface area contributed by atoms with Gasteiger partial charge in [0.25, 0.3) is 0 Å². The van der Waals surface area contributed by atoms with Crippen molar-refractivity contribution in [3.05, 3.63) is 12.7 Å². The molecule has 1 atom stereocenters. The van der Waals surface area contributed by atoms with Crippen molar-refractivity contribution < 1.29 is 0 Å². The van der Waals surface area contributed by atoms with Crippen molar-refractivity contribution in [2.45, 2.75) is 40.5 Å². The molecule has 0 aromatic rings. The van der Waals surface area contributed by atoms with Gasteiger partial charge in [-0.2, -0.15) is 0 Å². The molecule has 0 aromatic heterocycles. The van der Waals surface area contributed by atoms with Gasteiger partial charge in [0.2, 0.25) is 0 Å². The van der Waals surface area contributed by atoms with Crippen molar-refractivity contribution in [2.24, 2.45) is 11.3 Å². The predicted octanol–water partition coefficient (Wildman–Crippen LogP) is 3.63. The number of hydrogen-bond acceptors (Lipinski definition) is 0. The van der Waals surface area contributed by atoms with Gasteiger partial charge in [-0.3, -0.25) is 0 Å². The fraction of sp³-hybridized carbons (Fsp3) is 0.800. The molecule has 0 heteroatoms. The molecule has 0 nitrogen and oxygen atoms in total. The molecule has 0 saturated heterocycles. The zero-order valence-electron chi connectivity index (χ0n) is 7.78. The van der Waals surface area contributed by atoms with Crippen LogP contribution in [0.2, 0.25) is 0 Å². The standard InChI is InChI=1S/C10H20/c1-6-8-9(3)10(4,5)7-2/h6,9H,1,7-8H2,2-5H3. The lowest BCUT2D eigenvalue weighted by atomic mass is 9.76. The molecule has 60 valence electrons. The first kappa shape index (κ1) is 9.74. The van der Waals surface area contributed by atoms with Crippen LogP contribution in [-0.4, -0.2) is 0 Å². The third-order valence-corrected chi connectivity index (χ3v) is 2.77. The highest BCUT2D eigenvalue weighted by atomic mass is 14.3. The van der Waals surface area contributed by atoms with Crippen molar-refractivity contribution >= 4 is 0 Å². The molecule has 0 aliphatic rings. The van der Waals surface area contributed by atoms with E-state index in [0.717, 1.165) is 12.3 Å². The molecule has 0 radical (unpaired) electrons. The zero-order valence-corrected chi connectivity index (χ0v) is 7.78. The summed E-state index contributed by atoms with van der Waals surface area (Å²) in [4.78, 5) is 0. The van der Waals surface area contributed by atoms with Crippen LogP contribution in [0.1, 0.15) is 40.5 Å². The van der Waals surface area contributed by atoms with Gasteiger partial charge in [-0.1, -0.05) is 40.2 Å². The molecule has 0 heterocycles. The average Bonchev–Trinajstić information content (AvgIpc) is 1.89. The van der Waals surface area contributed by atoms with Crippen molar-refractivity contribution in [1.82, 2.24) is 0 Å². The third kappa shape index (κ3) is 2.55. The minimum absolute atomic E-state index is 0.480. The summed E-state index contributed by atoms with van der Waals surface area (Å²) in [5.74, 6) is 0.759. The molecule has 0 amide bonds. The number of rotatable bonds is 4. The summed E-state index contributed by atoms with van der Waals surface area (Å²) < 4.78 is 0. The Balaban J connectivity index is 3.89. The van der Waals surface area contributed by atoms with Crippen LogP contribution in [0.15, 0.2) is 12.7 Å². The van der Waals surface area contributed by atoms with Gasteiger partial charge < -0.3 is 0 Å². The molecule has 1 unspecified atom stereocenters. The van der Waals surface area contributed by atoms with Crippen LogP contribution in [0.4, 0.5) is 0 Å². The third-order valence-electron chi connectivity index (χ3n) is 2.77. The average molecular weight is 140 g/mol.